The largest absolute Gasteiger partial charge is 0.355 e. The Labute approximate surface area is 163 Å². The number of thioether (sulfide) groups is 1. The molecule has 0 spiro atoms. The summed E-state index contributed by atoms with van der Waals surface area (Å²) < 4.78 is 0.809. The van der Waals surface area contributed by atoms with Crippen LogP contribution in [0.15, 0.2) is 22.5 Å². The Morgan fingerprint density at radius 1 is 1.19 bits per heavy atom. The number of anilines is 2. The number of aryl methyl sites for hydroxylation is 2. The molecule has 2 N–H and O–H groups in total. The molecule has 7 heteroatoms. The third-order valence-electron chi connectivity index (χ3n) is 4.80. The van der Waals surface area contributed by atoms with Crippen molar-refractivity contribution in [1.82, 2.24) is 15.5 Å². The molecule has 1 fully saturated rings. The topological polar surface area (TPSA) is 66.9 Å². The first-order chi connectivity index (χ1) is 12.6. The van der Waals surface area contributed by atoms with Crippen LogP contribution in [-0.4, -0.2) is 28.4 Å². The highest BCUT2D eigenvalue weighted by molar-refractivity contribution is 8.01. The number of carbonyl (C=O) groups excluding carboxylic acids is 1. The zero-order valence-corrected chi connectivity index (χ0v) is 17.0. The smallest absolute Gasteiger partial charge is 0.230 e. The molecule has 0 bridgehead atoms. The number of amides is 1. The molecule has 0 unspecified atom stereocenters. The van der Waals surface area contributed by atoms with Crippen LogP contribution in [-0.2, 0) is 4.79 Å². The van der Waals surface area contributed by atoms with Gasteiger partial charge >= 0.3 is 0 Å². The third kappa shape index (κ3) is 5.71. The average Bonchev–Trinajstić information content (AvgIpc) is 3.09. The lowest BCUT2D eigenvalue weighted by atomic mass is 9.89. The van der Waals surface area contributed by atoms with E-state index < -0.39 is 0 Å². The molecule has 1 amide bonds. The molecule has 1 aromatic carbocycles. The number of nitrogens with one attached hydrogen (secondary N) is 2. The SMILES string of the molecule is Cc1ccc(Nc2nnc(SCC(=O)NCC3CCCCC3)s2)cc1C. The monoisotopic (exact) mass is 390 g/mol. The summed E-state index contributed by atoms with van der Waals surface area (Å²) in [6, 6.07) is 6.22. The number of carbonyl (C=O) groups is 1. The van der Waals surface area contributed by atoms with Crippen molar-refractivity contribution in [3.8, 4) is 0 Å². The van der Waals surface area contributed by atoms with Gasteiger partial charge in [-0.25, -0.2) is 0 Å². The molecule has 0 radical (unpaired) electrons. The Kier molecular flexibility index (Phi) is 6.91. The van der Waals surface area contributed by atoms with Crippen molar-refractivity contribution in [3.05, 3.63) is 29.3 Å². The van der Waals surface area contributed by atoms with Gasteiger partial charge in [-0.05, 0) is 55.9 Å². The van der Waals surface area contributed by atoms with E-state index in [0.717, 1.165) is 21.7 Å². The second-order valence-corrected chi connectivity index (χ2v) is 9.09. The molecule has 1 saturated carbocycles. The maximum absolute atomic E-state index is 12.0. The van der Waals surface area contributed by atoms with Gasteiger partial charge < -0.3 is 10.6 Å². The van der Waals surface area contributed by atoms with Gasteiger partial charge in [0.2, 0.25) is 11.0 Å². The molecule has 0 saturated heterocycles. The third-order valence-corrected chi connectivity index (χ3v) is 6.78. The number of rotatable bonds is 7. The van der Waals surface area contributed by atoms with Crippen LogP contribution in [0.3, 0.4) is 0 Å². The second-order valence-electron chi connectivity index (χ2n) is 6.89. The molecule has 1 heterocycles. The van der Waals surface area contributed by atoms with E-state index in [-0.39, 0.29) is 5.91 Å². The minimum atomic E-state index is 0.0828. The summed E-state index contributed by atoms with van der Waals surface area (Å²) in [6.07, 6.45) is 6.44. The Hall–Kier alpha value is -1.60. The highest BCUT2D eigenvalue weighted by atomic mass is 32.2. The molecular formula is C19H26N4OS2. The Bertz CT molecular complexity index is 741. The molecule has 0 aliphatic heterocycles. The fourth-order valence-corrected chi connectivity index (χ4v) is 4.69. The summed E-state index contributed by atoms with van der Waals surface area (Å²) in [7, 11) is 0. The van der Waals surface area contributed by atoms with E-state index in [1.54, 1.807) is 0 Å². The maximum Gasteiger partial charge on any atom is 0.230 e. The highest BCUT2D eigenvalue weighted by Crippen LogP contribution is 2.28. The summed E-state index contributed by atoms with van der Waals surface area (Å²) in [5.74, 6) is 1.14. The molecule has 140 valence electrons. The molecule has 2 aromatic rings. The van der Waals surface area contributed by atoms with Gasteiger partial charge in [0.25, 0.3) is 0 Å². The Morgan fingerprint density at radius 3 is 2.77 bits per heavy atom. The van der Waals surface area contributed by atoms with Crippen LogP contribution in [0.5, 0.6) is 0 Å². The lowest BCUT2D eigenvalue weighted by Gasteiger charge is -2.21. The average molecular weight is 391 g/mol. The predicted octanol–water partition coefficient (Wildman–Crippen LogP) is 4.69. The summed E-state index contributed by atoms with van der Waals surface area (Å²) in [4.78, 5) is 12.0. The molecule has 26 heavy (non-hydrogen) atoms. The van der Waals surface area contributed by atoms with Crippen LogP contribution in [0.1, 0.15) is 43.2 Å². The van der Waals surface area contributed by atoms with E-state index in [9.17, 15) is 4.79 Å². The van der Waals surface area contributed by atoms with Gasteiger partial charge in [-0.3, -0.25) is 4.79 Å². The van der Waals surface area contributed by atoms with Gasteiger partial charge in [-0.1, -0.05) is 48.4 Å². The van der Waals surface area contributed by atoms with Crippen molar-refractivity contribution in [2.45, 2.75) is 50.3 Å². The lowest BCUT2D eigenvalue weighted by molar-refractivity contribution is -0.118. The van der Waals surface area contributed by atoms with E-state index in [1.807, 2.05) is 6.07 Å². The molecule has 1 aromatic heterocycles. The van der Waals surface area contributed by atoms with Gasteiger partial charge in [0.05, 0.1) is 5.75 Å². The van der Waals surface area contributed by atoms with E-state index in [4.69, 9.17) is 0 Å². The normalized spacial score (nSPS) is 15.0. The number of nitrogens with zero attached hydrogens (tertiary/aromatic N) is 2. The van der Waals surface area contributed by atoms with Crippen LogP contribution in [0, 0.1) is 19.8 Å². The van der Waals surface area contributed by atoms with Crippen molar-refractivity contribution in [2.75, 3.05) is 17.6 Å². The minimum Gasteiger partial charge on any atom is -0.355 e. The molecule has 3 rings (SSSR count). The van der Waals surface area contributed by atoms with Gasteiger partial charge in [0, 0.05) is 12.2 Å². The van der Waals surface area contributed by atoms with Crippen molar-refractivity contribution >= 4 is 39.8 Å². The van der Waals surface area contributed by atoms with Crippen molar-refractivity contribution in [3.63, 3.8) is 0 Å². The number of aromatic nitrogens is 2. The van der Waals surface area contributed by atoms with Crippen LogP contribution < -0.4 is 10.6 Å². The number of hydrogen-bond acceptors (Lipinski definition) is 6. The maximum atomic E-state index is 12.0. The minimum absolute atomic E-state index is 0.0828. The molecule has 0 atom stereocenters. The van der Waals surface area contributed by atoms with Crippen molar-refractivity contribution in [1.29, 1.82) is 0 Å². The Balaban J connectivity index is 1.42. The molecule has 1 aliphatic rings. The number of benzene rings is 1. The van der Waals surface area contributed by atoms with Gasteiger partial charge in [0.1, 0.15) is 0 Å². The highest BCUT2D eigenvalue weighted by Gasteiger charge is 2.15. The fraction of sp³-hybridized carbons (Fsp3) is 0.526. The van der Waals surface area contributed by atoms with Crippen LogP contribution in [0.4, 0.5) is 10.8 Å². The van der Waals surface area contributed by atoms with E-state index >= 15 is 0 Å². The first-order valence-electron chi connectivity index (χ1n) is 9.17. The molecular weight excluding hydrogens is 364 g/mol. The van der Waals surface area contributed by atoms with Crippen molar-refractivity contribution < 1.29 is 4.79 Å². The Morgan fingerprint density at radius 2 is 2.00 bits per heavy atom. The summed E-state index contributed by atoms with van der Waals surface area (Å²) in [6.45, 7) is 5.00. The fourth-order valence-electron chi connectivity index (χ4n) is 3.09. The van der Waals surface area contributed by atoms with Gasteiger partial charge in [-0.2, -0.15) is 0 Å². The van der Waals surface area contributed by atoms with E-state index in [2.05, 4.69) is 46.8 Å². The summed E-state index contributed by atoms with van der Waals surface area (Å²) >= 11 is 2.92. The van der Waals surface area contributed by atoms with Crippen LogP contribution in [0.25, 0.3) is 0 Å². The second kappa shape index (κ2) is 9.37. The van der Waals surface area contributed by atoms with Crippen LogP contribution >= 0.6 is 23.1 Å². The van der Waals surface area contributed by atoms with Gasteiger partial charge in [-0.15, -0.1) is 10.2 Å². The van der Waals surface area contributed by atoms with E-state index in [1.165, 1.54) is 66.3 Å². The first kappa shape index (κ1) is 19.2. The molecule has 1 aliphatic carbocycles. The molecule has 5 nitrogen and oxygen atoms in total. The van der Waals surface area contributed by atoms with Crippen molar-refractivity contribution in [2.24, 2.45) is 5.92 Å². The first-order valence-corrected chi connectivity index (χ1v) is 11.0. The standard InChI is InChI=1S/C19H26N4OS2/c1-13-8-9-16(10-14(13)2)21-18-22-23-19(26-18)25-12-17(24)20-11-15-6-4-3-5-7-15/h8-10,15H,3-7,11-12H2,1-2H3,(H,20,24)(H,21,22). The van der Waals surface area contributed by atoms with Crippen LogP contribution in [0.2, 0.25) is 0 Å². The number of hydrogen-bond donors (Lipinski definition) is 2. The zero-order chi connectivity index (χ0) is 18.4. The predicted molar refractivity (Wildman–Crippen MR) is 109 cm³/mol. The quantitative estimate of drug-likeness (QED) is 0.672. The van der Waals surface area contributed by atoms with Gasteiger partial charge in [0.15, 0.2) is 4.34 Å². The lowest BCUT2D eigenvalue weighted by Crippen LogP contribution is -2.31. The van der Waals surface area contributed by atoms with E-state index in [0.29, 0.717) is 11.7 Å². The summed E-state index contributed by atoms with van der Waals surface area (Å²) in [5.41, 5.74) is 3.51. The summed E-state index contributed by atoms with van der Waals surface area (Å²) in [5, 5.41) is 15.4. The zero-order valence-electron chi connectivity index (χ0n) is 15.4.